The smallest absolute Gasteiger partial charge is 0.264 e. The molecule has 2 aromatic rings. The molecule has 2 aromatic heterocycles. The molecule has 4 rings (SSSR count). The summed E-state index contributed by atoms with van der Waals surface area (Å²) in [5.41, 5.74) is 0. The number of likely N-dealkylation sites (tertiary alicyclic amines) is 1. The van der Waals surface area contributed by atoms with E-state index in [1.165, 1.54) is 24.2 Å². The van der Waals surface area contributed by atoms with Gasteiger partial charge in [0, 0.05) is 13.1 Å². The van der Waals surface area contributed by atoms with Crippen LogP contribution in [0.3, 0.4) is 0 Å². The van der Waals surface area contributed by atoms with E-state index in [1.54, 1.807) is 6.07 Å². The van der Waals surface area contributed by atoms with Crippen LogP contribution in [0.5, 0.6) is 0 Å². The summed E-state index contributed by atoms with van der Waals surface area (Å²) in [6.07, 6.45) is 7.51. The molecule has 0 aromatic carbocycles. The van der Waals surface area contributed by atoms with Crippen molar-refractivity contribution in [2.75, 3.05) is 6.54 Å². The van der Waals surface area contributed by atoms with Gasteiger partial charge in [-0.25, -0.2) is 0 Å². The molecule has 2 aliphatic rings. The van der Waals surface area contributed by atoms with Crippen LogP contribution in [-0.4, -0.2) is 32.1 Å². The summed E-state index contributed by atoms with van der Waals surface area (Å²) in [5, 5.41) is 8.45. The van der Waals surface area contributed by atoms with E-state index in [0.29, 0.717) is 9.21 Å². The molecule has 0 spiro atoms. The van der Waals surface area contributed by atoms with E-state index in [4.69, 9.17) is 11.6 Å². The standard InChI is InChI=1S/C16H19ClN4OS/c17-14-7-6-13(23-14)16(22)21-8-2-1-3-12(21)15-19-18-10-20(15)9-11-4-5-11/h6-7,10-12H,1-5,8-9H2/t12-/m0/s1. The molecular formula is C16H19ClN4OS. The molecule has 1 saturated heterocycles. The lowest BCUT2D eigenvalue weighted by molar-refractivity contribution is 0.0599. The third-order valence-electron chi connectivity index (χ3n) is 4.64. The second-order valence-corrected chi connectivity index (χ2v) is 8.11. The van der Waals surface area contributed by atoms with E-state index >= 15 is 0 Å². The highest BCUT2D eigenvalue weighted by Crippen LogP contribution is 2.35. The highest BCUT2D eigenvalue weighted by atomic mass is 35.5. The molecule has 122 valence electrons. The minimum atomic E-state index is 0.0263. The quantitative estimate of drug-likeness (QED) is 0.843. The van der Waals surface area contributed by atoms with Gasteiger partial charge in [0.25, 0.3) is 5.91 Å². The van der Waals surface area contributed by atoms with Crippen molar-refractivity contribution >= 4 is 28.8 Å². The maximum atomic E-state index is 12.9. The number of nitrogens with zero attached hydrogens (tertiary/aromatic N) is 4. The molecule has 23 heavy (non-hydrogen) atoms. The number of rotatable bonds is 4. The molecule has 5 nitrogen and oxygen atoms in total. The van der Waals surface area contributed by atoms with Crippen LogP contribution < -0.4 is 0 Å². The van der Waals surface area contributed by atoms with Gasteiger partial charge < -0.3 is 9.47 Å². The van der Waals surface area contributed by atoms with Gasteiger partial charge in [-0.1, -0.05) is 11.6 Å². The van der Waals surface area contributed by atoms with Crippen molar-refractivity contribution in [1.82, 2.24) is 19.7 Å². The summed E-state index contributed by atoms with van der Waals surface area (Å²) in [7, 11) is 0. The Morgan fingerprint density at radius 3 is 2.91 bits per heavy atom. The first-order valence-electron chi connectivity index (χ1n) is 8.16. The zero-order valence-electron chi connectivity index (χ0n) is 12.8. The molecule has 1 atom stereocenters. The van der Waals surface area contributed by atoms with Crippen LogP contribution in [0.15, 0.2) is 18.5 Å². The normalized spacial score (nSPS) is 21.6. The first kappa shape index (κ1) is 15.1. The number of carbonyl (C=O) groups excluding carboxylic acids is 1. The summed E-state index contributed by atoms with van der Waals surface area (Å²) in [4.78, 5) is 15.5. The second kappa shape index (κ2) is 6.24. The maximum Gasteiger partial charge on any atom is 0.264 e. The molecule has 1 saturated carbocycles. The molecular weight excluding hydrogens is 332 g/mol. The fraction of sp³-hybridized carbons (Fsp3) is 0.562. The average molecular weight is 351 g/mol. The van der Waals surface area contributed by atoms with Gasteiger partial charge in [0.2, 0.25) is 0 Å². The first-order valence-corrected chi connectivity index (χ1v) is 9.36. The van der Waals surface area contributed by atoms with Gasteiger partial charge in [-0.3, -0.25) is 4.79 Å². The molecule has 0 radical (unpaired) electrons. The monoisotopic (exact) mass is 350 g/mol. The minimum absolute atomic E-state index is 0.0263. The Hall–Kier alpha value is -1.40. The van der Waals surface area contributed by atoms with Crippen LogP contribution in [0.25, 0.3) is 0 Å². The Balaban J connectivity index is 1.60. The Bertz CT molecular complexity index is 709. The second-order valence-electron chi connectivity index (χ2n) is 6.40. The lowest BCUT2D eigenvalue weighted by Gasteiger charge is -2.35. The Kier molecular flexibility index (Phi) is 4.11. The van der Waals surface area contributed by atoms with Gasteiger partial charge >= 0.3 is 0 Å². The predicted octanol–water partition coefficient (Wildman–Crippen LogP) is 3.77. The van der Waals surface area contributed by atoms with Crippen molar-refractivity contribution < 1.29 is 4.79 Å². The lowest BCUT2D eigenvalue weighted by atomic mass is 10.0. The zero-order valence-corrected chi connectivity index (χ0v) is 14.4. The first-order chi connectivity index (χ1) is 11.2. The van der Waals surface area contributed by atoms with Crippen LogP contribution in [0.4, 0.5) is 0 Å². The van der Waals surface area contributed by atoms with E-state index in [-0.39, 0.29) is 11.9 Å². The number of hydrogen-bond acceptors (Lipinski definition) is 4. The van der Waals surface area contributed by atoms with Gasteiger partial charge in [-0.15, -0.1) is 21.5 Å². The number of hydrogen-bond donors (Lipinski definition) is 0. The summed E-state index contributed by atoms with van der Waals surface area (Å²) >= 11 is 7.34. The molecule has 1 amide bonds. The minimum Gasteiger partial charge on any atom is -0.328 e. The Morgan fingerprint density at radius 1 is 1.30 bits per heavy atom. The third-order valence-corrected chi connectivity index (χ3v) is 5.86. The number of carbonyl (C=O) groups is 1. The largest absolute Gasteiger partial charge is 0.328 e. The van der Waals surface area contributed by atoms with Crippen LogP contribution in [0, 0.1) is 5.92 Å². The molecule has 7 heteroatoms. The molecule has 0 N–H and O–H groups in total. The SMILES string of the molecule is O=C(c1ccc(Cl)s1)N1CCCC[C@H]1c1nncn1CC1CC1. The topological polar surface area (TPSA) is 51.0 Å². The molecule has 2 fully saturated rings. The summed E-state index contributed by atoms with van der Waals surface area (Å²) in [5.74, 6) is 1.76. The van der Waals surface area contributed by atoms with Crippen molar-refractivity contribution in [3.05, 3.63) is 33.5 Å². The zero-order chi connectivity index (χ0) is 15.8. The highest BCUT2D eigenvalue weighted by molar-refractivity contribution is 7.17. The molecule has 3 heterocycles. The molecule has 0 unspecified atom stereocenters. The molecule has 0 bridgehead atoms. The number of piperidine rings is 1. The average Bonchev–Trinajstić information content (AvgIpc) is 3.07. The predicted molar refractivity (Wildman–Crippen MR) is 89.7 cm³/mol. The van der Waals surface area contributed by atoms with Crippen molar-refractivity contribution in [2.45, 2.75) is 44.7 Å². The van der Waals surface area contributed by atoms with Crippen molar-refractivity contribution in [1.29, 1.82) is 0 Å². The summed E-state index contributed by atoms with van der Waals surface area (Å²) < 4.78 is 2.80. The van der Waals surface area contributed by atoms with Crippen LogP contribution in [-0.2, 0) is 6.54 Å². The number of halogens is 1. The number of aromatic nitrogens is 3. The lowest BCUT2D eigenvalue weighted by Crippen LogP contribution is -2.39. The molecule has 1 aliphatic heterocycles. The van der Waals surface area contributed by atoms with Crippen molar-refractivity contribution in [3.8, 4) is 0 Å². The van der Waals surface area contributed by atoms with Crippen LogP contribution in [0.1, 0.15) is 53.6 Å². The third kappa shape index (κ3) is 3.15. The van der Waals surface area contributed by atoms with Gasteiger partial charge in [0.15, 0.2) is 5.82 Å². The van der Waals surface area contributed by atoms with E-state index in [2.05, 4.69) is 14.8 Å². The number of amides is 1. The Morgan fingerprint density at radius 2 is 2.17 bits per heavy atom. The van der Waals surface area contributed by atoms with Crippen LogP contribution >= 0.6 is 22.9 Å². The van der Waals surface area contributed by atoms with E-state index in [1.807, 2.05) is 17.3 Å². The van der Waals surface area contributed by atoms with E-state index in [9.17, 15) is 4.79 Å². The number of thiophene rings is 1. The van der Waals surface area contributed by atoms with Gasteiger partial charge in [-0.2, -0.15) is 0 Å². The summed E-state index contributed by atoms with van der Waals surface area (Å²) in [6, 6.07) is 3.63. The molecule has 1 aliphatic carbocycles. The van der Waals surface area contributed by atoms with Crippen molar-refractivity contribution in [3.63, 3.8) is 0 Å². The fourth-order valence-electron chi connectivity index (χ4n) is 3.26. The van der Waals surface area contributed by atoms with Gasteiger partial charge in [-0.05, 0) is 50.2 Å². The van der Waals surface area contributed by atoms with E-state index < -0.39 is 0 Å². The maximum absolute atomic E-state index is 12.9. The Labute approximate surface area is 144 Å². The summed E-state index contributed by atoms with van der Waals surface area (Å²) in [6.45, 7) is 1.75. The van der Waals surface area contributed by atoms with Crippen molar-refractivity contribution in [2.24, 2.45) is 5.92 Å². The highest BCUT2D eigenvalue weighted by Gasteiger charge is 2.33. The van der Waals surface area contributed by atoms with E-state index in [0.717, 1.165) is 44.1 Å². The fourth-order valence-corrected chi connectivity index (χ4v) is 4.25. The van der Waals surface area contributed by atoms with Gasteiger partial charge in [0.05, 0.1) is 15.3 Å². The van der Waals surface area contributed by atoms with Gasteiger partial charge in [0.1, 0.15) is 6.33 Å². The van der Waals surface area contributed by atoms with Crippen LogP contribution in [0.2, 0.25) is 4.34 Å².